The zero-order valence-corrected chi connectivity index (χ0v) is 17.4. The number of allylic oxidation sites excluding steroid dienone is 1. The lowest BCUT2D eigenvalue weighted by atomic mass is 10.0. The van der Waals surface area contributed by atoms with Crippen molar-refractivity contribution in [3.63, 3.8) is 0 Å². The molecule has 3 aromatic carbocycles. The van der Waals surface area contributed by atoms with Gasteiger partial charge in [0.2, 0.25) is 5.78 Å². The van der Waals surface area contributed by atoms with Crippen LogP contribution in [0.5, 0.6) is 11.5 Å². The molecular formula is C23H16BrClO3. The molecule has 3 nitrogen and oxygen atoms in total. The van der Waals surface area contributed by atoms with Gasteiger partial charge in [0.15, 0.2) is 5.76 Å². The molecule has 0 bridgehead atoms. The summed E-state index contributed by atoms with van der Waals surface area (Å²) in [5.74, 6) is 1.36. The molecule has 5 heteroatoms. The van der Waals surface area contributed by atoms with Crippen molar-refractivity contribution in [3.8, 4) is 11.5 Å². The first-order valence-corrected chi connectivity index (χ1v) is 9.88. The zero-order chi connectivity index (χ0) is 19.7. The first-order chi connectivity index (χ1) is 13.5. The summed E-state index contributed by atoms with van der Waals surface area (Å²) in [5, 5.41) is 0.669. The van der Waals surface area contributed by atoms with Gasteiger partial charge in [-0.15, -0.1) is 0 Å². The van der Waals surface area contributed by atoms with Gasteiger partial charge in [-0.05, 0) is 60.0 Å². The van der Waals surface area contributed by atoms with Crippen molar-refractivity contribution in [1.82, 2.24) is 0 Å². The van der Waals surface area contributed by atoms with E-state index in [9.17, 15) is 4.79 Å². The van der Waals surface area contributed by atoms with Crippen LogP contribution in [-0.2, 0) is 6.61 Å². The molecule has 1 aliphatic heterocycles. The van der Waals surface area contributed by atoms with Gasteiger partial charge in [-0.3, -0.25) is 4.79 Å². The van der Waals surface area contributed by atoms with Crippen molar-refractivity contribution in [2.24, 2.45) is 0 Å². The van der Waals surface area contributed by atoms with E-state index in [0.717, 1.165) is 21.2 Å². The molecule has 0 aliphatic carbocycles. The van der Waals surface area contributed by atoms with Crippen LogP contribution in [-0.4, -0.2) is 5.78 Å². The molecule has 0 spiro atoms. The van der Waals surface area contributed by atoms with Gasteiger partial charge >= 0.3 is 0 Å². The van der Waals surface area contributed by atoms with E-state index < -0.39 is 0 Å². The summed E-state index contributed by atoms with van der Waals surface area (Å²) in [6.07, 6.45) is 1.75. The largest absolute Gasteiger partial charge is 0.489 e. The normalized spacial score (nSPS) is 14.1. The number of benzene rings is 3. The summed E-state index contributed by atoms with van der Waals surface area (Å²) in [5.41, 5.74) is 3.26. The van der Waals surface area contributed by atoms with Crippen LogP contribution in [0.15, 0.2) is 70.9 Å². The molecule has 3 aromatic rings. The molecule has 0 N–H and O–H groups in total. The maximum Gasteiger partial charge on any atom is 0.232 e. The lowest BCUT2D eigenvalue weighted by Crippen LogP contribution is -2.00. The van der Waals surface area contributed by atoms with E-state index in [2.05, 4.69) is 15.9 Å². The predicted molar refractivity (Wildman–Crippen MR) is 114 cm³/mol. The number of ketones is 1. The fourth-order valence-electron chi connectivity index (χ4n) is 3.10. The Morgan fingerprint density at radius 3 is 2.71 bits per heavy atom. The third kappa shape index (κ3) is 3.98. The van der Waals surface area contributed by atoms with Crippen LogP contribution < -0.4 is 9.47 Å². The standard InChI is InChI=1S/C23H16BrClO3/c1-14-8-19(27-13-16-5-3-7-18(25)10-16)12-20-22(14)23(26)21(28-20)11-15-4-2-6-17(24)9-15/h2-12H,13H2,1H3/b21-11-. The average Bonchev–Trinajstić information content (AvgIpc) is 2.96. The summed E-state index contributed by atoms with van der Waals surface area (Å²) >= 11 is 9.45. The predicted octanol–water partition coefficient (Wildman–Crippen LogP) is 6.61. The number of rotatable bonds is 4. The minimum atomic E-state index is -0.117. The van der Waals surface area contributed by atoms with Gasteiger partial charge in [0.1, 0.15) is 18.1 Å². The van der Waals surface area contributed by atoms with Crippen molar-refractivity contribution in [3.05, 3.63) is 98.2 Å². The van der Waals surface area contributed by atoms with Crippen molar-refractivity contribution in [1.29, 1.82) is 0 Å². The lowest BCUT2D eigenvalue weighted by molar-refractivity contribution is 0.101. The summed E-state index contributed by atoms with van der Waals surface area (Å²) in [6.45, 7) is 2.27. The minimum absolute atomic E-state index is 0.117. The summed E-state index contributed by atoms with van der Waals surface area (Å²) < 4.78 is 12.7. The van der Waals surface area contributed by atoms with E-state index in [-0.39, 0.29) is 5.78 Å². The molecule has 140 valence electrons. The molecule has 1 aliphatic rings. The van der Waals surface area contributed by atoms with E-state index >= 15 is 0 Å². The third-order valence-corrected chi connectivity index (χ3v) is 5.11. The van der Waals surface area contributed by atoms with Crippen LogP contribution in [0.1, 0.15) is 27.0 Å². The molecular weight excluding hydrogens is 440 g/mol. The number of ether oxygens (including phenoxy) is 2. The van der Waals surface area contributed by atoms with E-state index in [0.29, 0.717) is 34.5 Å². The van der Waals surface area contributed by atoms with Gasteiger partial charge in [0.25, 0.3) is 0 Å². The Balaban J connectivity index is 1.57. The van der Waals surface area contributed by atoms with Gasteiger partial charge in [-0.2, -0.15) is 0 Å². The van der Waals surface area contributed by atoms with Crippen molar-refractivity contribution in [2.75, 3.05) is 0 Å². The number of aryl methyl sites for hydroxylation is 1. The number of halogens is 2. The molecule has 0 aromatic heterocycles. The monoisotopic (exact) mass is 454 g/mol. The number of hydrogen-bond acceptors (Lipinski definition) is 3. The van der Waals surface area contributed by atoms with Crippen LogP contribution in [0.3, 0.4) is 0 Å². The Labute approximate surface area is 176 Å². The zero-order valence-electron chi connectivity index (χ0n) is 15.0. The van der Waals surface area contributed by atoms with Crippen LogP contribution in [0.4, 0.5) is 0 Å². The highest BCUT2D eigenvalue weighted by atomic mass is 79.9. The summed E-state index contributed by atoms with van der Waals surface area (Å²) in [6, 6.07) is 18.8. The van der Waals surface area contributed by atoms with Gasteiger partial charge < -0.3 is 9.47 Å². The fourth-order valence-corrected chi connectivity index (χ4v) is 3.73. The SMILES string of the molecule is Cc1cc(OCc2cccc(Cl)c2)cc2c1C(=O)/C(=C/c1cccc(Br)c1)O2. The molecule has 0 amide bonds. The number of Topliss-reactive ketones (excluding diaryl/α,β-unsaturated/α-hetero) is 1. The molecule has 1 heterocycles. The minimum Gasteiger partial charge on any atom is -0.489 e. The Morgan fingerprint density at radius 1 is 1.11 bits per heavy atom. The van der Waals surface area contributed by atoms with E-state index in [1.807, 2.05) is 61.5 Å². The quantitative estimate of drug-likeness (QED) is 0.415. The Kier molecular flexibility index (Phi) is 5.25. The molecule has 0 saturated heterocycles. The second-order valence-electron chi connectivity index (χ2n) is 6.53. The van der Waals surface area contributed by atoms with Crippen molar-refractivity contribution < 1.29 is 14.3 Å². The molecule has 4 rings (SSSR count). The van der Waals surface area contributed by atoms with Crippen LogP contribution in [0, 0.1) is 6.92 Å². The number of carbonyl (C=O) groups excluding carboxylic acids is 1. The van der Waals surface area contributed by atoms with Gasteiger partial charge in [-0.1, -0.05) is 51.8 Å². The molecule has 0 unspecified atom stereocenters. The smallest absolute Gasteiger partial charge is 0.232 e. The third-order valence-electron chi connectivity index (χ3n) is 4.38. The van der Waals surface area contributed by atoms with Gasteiger partial charge in [-0.25, -0.2) is 0 Å². The van der Waals surface area contributed by atoms with Gasteiger partial charge in [0, 0.05) is 15.6 Å². The molecule has 0 radical (unpaired) electrons. The van der Waals surface area contributed by atoms with Crippen molar-refractivity contribution in [2.45, 2.75) is 13.5 Å². The highest BCUT2D eigenvalue weighted by Gasteiger charge is 2.30. The Hall–Kier alpha value is -2.56. The topological polar surface area (TPSA) is 35.5 Å². The maximum atomic E-state index is 12.8. The number of carbonyl (C=O) groups is 1. The summed E-state index contributed by atoms with van der Waals surface area (Å²) in [4.78, 5) is 12.8. The van der Waals surface area contributed by atoms with Crippen LogP contribution >= 0.6 is 27.5 Å². The van der Waals surface area contributed by atoms with Crippen LogP contribution in [0.2, 0.25) is 5.02 Å². The molecule has 0 fully saturated rings. The first kappa shape index (κ1) is 18.8. The first-order valence-electron chi connectivity index (χ1n) is 8.71. The second kappa shape index (κ2) is 7.82. The maximum absolute atomic E-state index is 12.8. The van der Waals surface area contributed by atoms with Crippen LogP contribution in [0.25, 0.3) is 6.08 Å². The van der Waals surface area contributed by atoms with Gasteiger partial charge in [0.05, 0.1) is 5.56 Å². The number of hydrogen-bond donors (Lipinski definition) is 0. The lowest BCUT2D eigenvalue weighted by Gasteiger charge is -2.09. The Bertz CT molecular complexity index is 1100. The fraction of sp³-hybridized carbons (Fsp3) is 0.0870. The van der Waals surface area contributed by atoms with Crippen molar-refractivity contribution >= 4 is 39.4 Å². The average molecular weight is 456 g/mol. The molecule has 0 atom stereocenters. The van der Waals surface area contributed by atoms with E-state index in [1.165, 1.54) is 0 Å². The highest BCUT2D eigenvalue weighted by Crippen LogP contribution is 2.37. The van der Waals surface area contributed by atoms with E-state index in [1.54, 1.807) is 12.1 Å². The molecule has 0 saturated carbocycles. The van der Waals surface area contributed by atoms with E-state index in [4.69, 9.17) is 21.1 Å². The Morgan fingerprint density at radius 2 is 1.93 bits per heavy atom. The summed E-state index contributed by atoms with van der Waals surface area (Å²) in [7, 11) is 0. The molecule has 28 heavy (non-hydrogen) atoms. The highest BCUT2D eigenvalue weighted by molar-refractivity contribution is 9.10. The number of fused-ring (bicyclic) bond motifs is 1. The second-order valence-corrected chi connectivity index (χ2v) is 7.88.